The van der Waals surface area contributed by atoms with Crippen LogP contribution in [0.4, 0.5) is 11.5 Å². The standard InChI is InChI=1S/C17H10ClN5O3/c18-13-6-5-11(23(24)25)7-10(13)8-21-22-17-16-15(19-9-20-17)12-3-1-2-4-14(12)26-16/h1-9H,(H,19,20,22)/b21-8-. The Balaban J connectivity index is 1.67. The van der Waals surface area contributed by atoms with Crippen LogP contribution in [0.25, 0.3) is 22.1 Å². The number of hydrogen-bond donors (Lipinski definition) is 1. The fraction of sp³-hybridized carbons (Fsp3) is 0. The van der Waals surface area contributed by atoms with Gasteiger partial charge in [-0.25, -0.2) is 9.97 Å². The summed E-state index contributed by atoms with van der Waals surface area (Å²) in [5.41, 5.74) is 4.93. The van der Waals surface area contributed by atoms with E-state index in [0.717, 1.165) is 5.39 Å². The highest BCUT2D eigenvalue weighted by Crippen LogP contribution is 2.30. The molecule has 4 aromatic rings. The molecule has 0 aliphatic rings. The average Bonchev–Trinajstić information content (AvgIpc) is 3.03. The van der Waals surface area contributed by atoms with Crippen LogP contribution in [0.5, 0.6) is 0 Å². The number of benzene rings is 2. The van der Waals surface area contributed by atoms with E-state index in [1.807, 2.05) is 24.3 Å². The Bertz CT molecular complexity index is 1170. The topological polar surface area (TPSA) is 106 Å². The SMILES string of the molecule is O=[N+]([O-])c1ccc(Cl)c(/C=N\Nc2ncnc3c2oc2ccccc23)c1. The lowest BCUT2D eigenvalue weighted by Crippen LogP contribution is -1.96. The number of halogens is 1. The van der Waals surface area contributed by atoms with Crippen LogP contribution in [0, 0.1) is 10.1 Å². The fourth-order valence-corrected chi connectivity index (χ4v) is 2.68. The van der Waals surface area contributed by atoms with E-state index in [0.29, 0.717) is 33.1 Å². The molecule has 2 aromatic carbocycles. The second kappa shape index (κ2) is 6.41. The number of fused-ring (bicyclic) bond motifs is 3. The Morgan fingerprint density at radius 2 is 2.08 bits per heavy atom. The zero-order valence-corrected chi connectivity index (χ0v) is 13.8. The molecule has 0 aliphatic carbocycles. The van der Waals surface area contributed by atoms with E-state index in [1.165, 1.54) is 30.7 Å². The first kappa shape index (κ1) is 16.0. The van der Waals surface area contributed by atoms with Crippen molar-refractivity contribution in [3.8, 4) is 0 Å². The molecule has 4 rings (SSSR count). The predicted molar refractivity (Wildman–Crippen MR) is 98.6 cm³/mol. The zero-order valence-electron chi connectivity index (χ0n) is 13.1. The first-order valence-corrected chi connectivity index (χ1v) is 7.86. The molecular weight excluding hydrogens is 358 g/mol. The van der Waals surface area contributed by atoms with E-state index in [-0.39, 0.29) is 5.69 Å². The Labute approximate surface area is 151 Å². The summed E-state index contributed by atoms with van der Waals surface area (Å²) in [4.78, 5) is 18.7. The van der Waals surface area contributed by atoms with Gasteiger partial charge in [-0.3, -0.25) is 15.5 Å². The molecule has 26 heavy (non-hydrogen) atoms. The number of para-hydroxylation sites is 1. The van der Waals surface area contributed by atoms with E-state index in [1.54, 1.807) is 0 Å². The summed E-state index contributed by atoms with van der Waals surface area (Å²) >= 11 is 6.05. The van der Waals surface area contributed by atoms with Crippen molar-refractivity contribution in [1.82, 2.24) is 9.97 Å². The zero-order chi connectivity index (χ0) is 18.1. The molecule has 8 nitrogen and oxygen atoms in total. The van der Waals surface area contributed by atoms with Crippen molar-refractivity contribution in [3.63, 3.8) is 0 Å². The Morgan fingerprint density at radius 3 is 2.92 bits per heavy atom. The molecule has 0 atom stereocenters. The maximum atomic E-state index is 10.9. The predicted octanol–water partition coefficient (Wildman–Crippen LogP) is 4.38. The lowest BCUT2D eigenvalue weighted by Gasteiger charge is -2.00. The van der Waals surface area contributed by atoms with E-state index in [2.05, 4.69) is 20.5 Å². The molecule has 0 fully saturated rings. The number of nitro groups is 1. The quantitative estimate of drug-likeness (QED) is 0.326. The molecule has 9 heteroatoms. The van der Waals surface area contributed by atoms with Crippen LogP contribution in [0.1, 0.15) is 5.56 Å². The minimum absolute atomic E-state index is 0.0717. The number of nitrogens with one attached hydrogen (secondary N) is 1. The molecule has 128 valence electrons. The minimum atomic E-state index is -0.497. The van der Waals surface area contributed by atoms with Crippen LogP contribution in [-0.4, -0.2) is 21.1 Å². The highest BCUT2D eigenvalue weighted by atomic mass is 35.5. The van der Waals surface area contributed by atoms with Crippen molar-refractivity contribution in [3.05, 3.63) is 69.5 Å². The van der Waals surface area contributed by atoms with Gasteiger partial charge in [-0.2, -0.15) is 5.10 Å². The van der Waals surface area contributed by atoms with Crippen molar-refractivity contribution in [2.75, 3.05) is 5.43 Å². The molecule has 1 N–H and O–H groups in total. The summed E-state index contributed by atoms with van der Waals surface area (Å²) in [5, 5.41) is 16.1. The maximum Gasteiger partial charge on any atom is 0.270 e. The molecule has 0 radical (unpaired) electrons. The number of furan rings is 1. The average molecular weight is 368 g/mol. The van der Waals surface area contributed by atoms with E-state index in [4.69, 9.17) is 16.0 Å². The monoisotopic (exact) mass is 367 g/mol. The summed E-state index contributed by atoms with van der Waals surface area (Å²) in [7, 11) is 0. The molecule has 0 saturated heterocycles. The second-order valence-electron chi connectivity index (χ2n) is 5.33. The van der Waals surface area contributed by atoms with E-state index < -0.39 is 4.92 Å². The van der Waals surface area contributed by atoms with Gasteiger partial charge >= 0.3 is 0 Å². The van der Waals surface area contributed by atoms with Crippen LogP contribution in [0.2, 0.25) is 5.02 Å². The van der Waals surface area contributed by atoms with Crippen LogP contribution in [0.3, 0.4) is 0 Å². The van der Waals surface area contributed by atoms with E-state index >= 15 is 0 Å². The summed E-state index contributed by atoms with van der Waals surface area (Å²) in [5.74, 6) is 0.379. The highest BCUT2D eigenvalue weighted by molar-refractivity contribution is 6.33. The third-order valence-electron chi connectivity index (χ3n) is 3.72. The molecule has 0 amide bonds. The van der Waals surface area contributed by atoms with E-state index in [9.17, 15) is 10.1 Å². The first-order chi connectivity index (χ1) is 12.6. The highest BCUT2D eigenvalue weighted by Gasteiger charge is 2.12. The molecule has 2 heterocycles. The lowest BCUT2D eigenvalue weighted by molar-refractivity contribution is -0.384. The molecule has 0 unspecified atom stereocenters. The number of nitro benzene ring substituents is 1. The van der Waals surface area contributed by atoms with Gasteiger partial charge in [0.2, 0.25) is 0 Å². The second-order valence-corrected chi connectivity index (χ2v) is 5.74. The van der Waals surface area contributed by atoms with Crippen molar-refractivity contribution < 1.29 is 9.34 Å². The Morgan fingerprint density at radius 1 is 1.23 bits per heavy atom. The summed E-state index contributed by atoms with van der Waals surface area (Å²) < 4.78 is 5.78. The van der Waals surface area contributed by atoms with Crippen molar-refractivity contribution in [1.29, 1.82) is 0 Å². The van der Waals surface area contributed by atoms with Crippen LogP contribution < -0.4 is 5.43 Å². The number of hydrazone groups is 1. The van der Waals surface area contributed by atoms with Gasteiger partial charge in [-0.05, 0) is 18.2 Å². The van der Waals surface area contributed by atoms with Gasteiger partial charge in [0.15, 0.2) is 11.4 Å². The van der Waals surface area contributed by atoms with Crippen LogP contribution in [-0.2, 0) is 0 Å². The molecular formula is C17H10ClN5O3. The molecule has 0 saturated carbocycles. The van der Waals surface area contributed by atoms with Gasteiger partial charge in [-0.15, -0.1) is 0 Å². The summed E-state index contributed by atoms with van der Waals surface area (Å²) in [6.07, 6.45) is 2.79. The lowest BCUT2D eigenvalue weighted by atomic mass is 10.2. The summed E-state index contributed by atoms with van der Waals surface area (Å²) in [6.45, 7) is 0. The molecule has 0 bridgehead atoms. The minimum Gasteiger partial charge on any atom is -0.450 e. The molecule has 0 aliphatic heterocycles. The largest absolute Gasteiger partial charge is 0.450 e. The third kappa shape index (κ3) is 2.82. The van der Waals surface area contributed by atoms with Crippen molar-refractivity contribution in [2.45, 2.75) is 0 Å². The van der Waals surface area contributed by atoms with Gasteiger partial charge in [0.05, 0.1) is 11.1 Å². The number of rotatable bonds is 4. The fourth-order valence-electron chi connectivity index (χ4n) is 2.51. The third-order valence-corrected chi connectivity index (χ3v) is 4.07. The number of anilines is 1. The van der Waals surface area contributed by atoms with Crippen molar-refractivity contribution >= 4 is 51.4 Å². The number of aromatic nitrogens is 2. The number of hydrogen-bond acceptors (Lipinski definition) is 7. The molecule has 0 spiro atoms. The number of non-ortho nitro benzene ring substituents is 1. The van der Waals surface area contributed by atoms with Crippen molar-refractivity contribution in [2.24, 2.45) is 5.10 Å². The smallest absolute Gasteiger partial charge is 0.270 e. The molecule has 2 aromatic heterocycles. The van der Waals surface area contributed by atoms with Gasteiger partial charge < -0.3 is 4.42 Å². The maximum absolute atomic E-state index is 10.9. The summed E-state index contributed by atoms with van der Waals surface area (Å²) in [6, 6.07) is 11.6. The number of nitrogens with zero attached hydrogens (tertiary/aromatic N) is 4. The Hall–Kier alpha value is -3.52. The van der Waals surface area contributed by atoms with Gasteiger partial charge in [0.25, 0.3) is 5.69 Å². The normalized spacial score (nSPS) is 11.4. The van der Waals surface area contributed by atoms with Gasteiger partial charge in [0.1, 0.15) is 17.4 Å². The van der Waals surface area contributed by atoms with Crippen LogP contribution in [0.15, 0.2) is 58.3 Å². The first-order valence-electron chi connectivity index (χ1n) is 7.49. The van der Waals surface area contributed by atoms with Gasteiger partial charge in [-0.1, -0.05) is 23.7 Å². The Kier molecular flexibility index (Phi) is 3.94. The van der Waals surface area contributed by atoms with Gasteiger partial charge in [0, 0.05) is 28.1 Å². The van der Waals surface area contributed by atoms with Crippen LogP contribution >= 0.6 is 11.6 Å².